The van der Waals surface area contributed by atoms with E-state index in [-0.39, 0.29) is 16.9 Å². The van der Waals surface area contributed by atoms with Crippen LogP contribution in [0.3, 0.4) is 0 Å². The molecule has 1 fully saturated rings. The van der Waals surface area contributed by atoms with Gasteiger partial charge in [-0.15, -0.1) is 0 Å². The first kappa shape index (κ1) is 23.8. The largest absolute Gasteiger partial charge is 0.489 e. The number of allylic oxidation sites excluding steroid dienone is 2. The van der Waals surface area contributed by atoms with E-state index in [0.29, 0.717) is 28.3 Å². The summed E-state index contributed by atoms with van der Waals surface area (Å²) < 4.78 is 35.4. The maximum atomic E-state index is 13.3. The molecule has 1 aliphatic carbocycles. The highest BCUT2D eigenvalue weighted by Crippen LogP contribution is 2.50. The number of hydrogen-bond acceptors (Lipinski definition) is 5. The highest BCUT2D eigenvalue weighted by atomic mass is 35.5. The predicted octanol–water partition coefficient (Wildman–Crippen LogP) is 6.77. The molecule has 5 nitrogen and oxygen atoms in total. The Balaban J connectivity index is 1.30. The van der Waals surface area contributed by atoms with Crippen molar-refractivity contribution in [1.29, 1.82) is 0 Å². The number of nitrogens with one attached hydrogen (secondary N) is 2. The molecule has 36 heavy (non-hydrogen) atoms. The van der Waals surface area contributed by atoms with Crippen LogP contribution in [-0.4, -0.2) is 26.0 Å². The van der Waals surface area contributed by atoms with Crippen LogP contribution in [-0.2, 0) is 10.0 Å². The van der Waals surface area contributed by atoms with E-state index in [1.807, 2.05) is 30.0 Å². The lowest BCUT2D eigenvalue weighted by atomic mass is 9.77. The van der Waals surface area contributed by atoms with Crippen LogP contribution < -0.4 is 14.8 Å². The number of hydrogen-bond donors (Lipinski definition) is 2. The number of benzene rings is 3. The molecule has 3 aromatic rings. The van der Waals surface area contributed by atoms with Gasteiger partial charge in [-0.1, -0.05) is 42.0 Å². The molecular weight excluding hydrogens is 512 g/mol. The number of anilines is 2. The molecule has 0 saturated carbocycles. The third-order valence-electron chi connectivity index (χ3n) is 7.28. The smallest absolute Gasteiger partial charge is 0.261 e. The number of halogens is 1. The van der Waals surface area contributed by atoms with E-state index in [9.17, 15) is 8.42 Å². The molecule has 2 aliphatic heterocycles. The summed E-state index contributed by atoms with van der Waals surface area (Å²) in [5.41, 5.74) is 4.35. The molecule has 0 bridgehead atoms. The summed E-state index contributed by atoms with van der Waals surface area (Å²) in [6, 6.07) is 19.1. The van der Waals surface area contributed by atoms with Gasteiger partial charge in [0, 0.05) is 28.1 Å². The number of rotatable bonds is 6. The summed E-state index contributed by atoms with van der Waals surface area (Å²) in [6.07, 6.45) is 5.66. The van der Waals surface area contributed by atoms with Gasteiger partial charge in [0.1, 0.15) is 11.9 Å². The highest BCUT2D eigenvalue weighted by molar-refractivity contribution is 8.00. The molecule has 1 saturated heterocycles. The minimum Gasteiger partial charge on any atom is -0.489 e. The number of thioether (sulfide) groups is 1. The van der Waals surface area contributed by atoms with Crippen molar-refractivity contribution in [2.75, 3.05) is 21.5 Å². The van der Waals surface area contributed by atoms with Crippen molar-refractivity contribution >= 4 is 44.8 Å². The minimum atomic E-state index is -3.77. The van der Waals surface area contributed by atoms with E-state index < -0.39 is 10.0 Å². The molecule has 8 heteroatoms. The van der Waals surface area contributed by atoms with Crippen LogP contribution in [0, 0.1) is 12.8 Å². The van der Waals surface area contributed by atoms with E-state index in [1.54, 1.807) is 31.2 Å². The average Bonchev–Trinajstić information content (AvgIpc) is 3.34. The second-order valence-corrected chi connectivity index (χ2v) is 12.8. The maximum Gasteiger partial charge on any atom is 0.261 e. The molecule has 2 heterocycles. The molecule has 0 radical (unpaired) electrons. The highest BCUT2D eigenvalue weighted by Gasteiger charge is 2.38. The molecule has 3 atom stereocenters. The monoisotopic (exact) mass is 538 g/mol. The van der Waals surface area contributed by atoms with Crippen molar-refractivity contribution in [3.05, 3.63) is 94.5 Å². The van der Waals surface area contributed by atoms with E-state index >= 15 is 0 Å². The second-order valence-electron chi connectivity index (χ2n) is 9.59. The van der Waals surface area contributed by atoms with Crippen molar-refractivity contribution in [1.82, 2.24) is 0 Å². The zero-order valence-electron chi connectivity index (χ0n) is 19.8. The van der Waals surface area contributed by atoms with Crippen molar-refractivity contribution in [2.45, 2.75) is 36.3 Å². The SMILES string of the molecule is Cc1c(Cl)cccc1NS(=O)(=O)c1ccc2c(c1)[C@H]1C=CC[C@H]1[C@@H](c1cccc(OC3CSC3)c1)N2. The summed E-state index contributed by atoms with van der Waals surface area (Å²) in [7, 11) is -3.77. The van der Waals surface area contributed by atoms with Gasteiger partial charge in [-0.25, -0.2) is 8.42 Å². The molecule has 0 unspecified atom stereocenters. The van der Waals surface area contributed by atoms with Crippen molar-refractivity contribution in [3.63, 3.8) is 0 Å². The molecule has 3 aromatic carbocycles. The van der Waals surface area contributed by atoms with Crippen LogP contribution in [0.2, 0.25) is 5.02 Å². The Morgan fingerprint density at radius 3 is 2.72 bits per heavy atom. The Kier molecular flexibility index (Phi) is 6.18. The predicted molar refractivity (Wildman–Crippen MR) is 148 cm³/mol. The van der Waals surface area contributed by atoms with E-state index in [4.69, 9.17) is 16.3 Å². The van der Waals surface area contributed by atoms with Gasteiger partial charge in [-0.05, 0) is 78.4 Å². The Hall–Kier alpha value is -2.61. The first-order chi connectivity index (χ1) is 17.4. The van der Waals surface area contributed by atoms with Crippen LogP contribution in [0.5, 0.6) is 5.75 Å². The van der Waals surface area contributed by atoms with Crippen LogP contribution in [0.4, 0.5) is 11.4 Å². The van der Waals surface area contributed by atoms with Gasteiger partial charge in [-0.3, -0.25) is 4.72 Å². The average molecular weight is 539 g/mol. The molecule has 186 valence electrons. The third kappa shape index (κ3) is 4.38. The van der Waals surface area contributed by atoms with Crippen LogP contribution >= 0.6 is 23.4 Å². The van der Waals surface area contributed by atoms with E-state index in [1.165, 1.54) is 5.56 Å². The van der Waals surface area contributed by atoms with Crippen LogP contribution in [0.25, 0.3) is 0 Å². The molecule has 2 N–H and O–H groups in total. The maximum absolute atomic E-state index is 13.3. The van der Waals surface area contributed by atoms with Crippen molar-refractivity contribution in [3.8, 4) is 5.75 Å². The lowest BCUT2D eigenvalue weighted by Gasteiger charge is -2.38. The Bertz CT molecular complexity index is 1450. The van der Waals surface area contributed by atoms with E-state index in [2.05, 4.69) is 40.4 Å². The fourth-order valence-electron chi connectivity index (χ4n) is 5.25. The first-order valence-corrected chi connectivity index (χ1v) is 15.1. The summed E-state index contributed by atoms with van der Waals surface area (Å²) >= 11 is 8.10. The fraction of sp³-hybridized carbons (Fsp3) is 0.286. The molecule has 0 aromatic heterocycles. The topological polar surface area (TPSA) is 67.4 Å². The van der Waals surface area contributed by atoms with Gasteiger partial charge >= 0.3 is 0 Å². The zero-order valence-corrected chi connectivity index (χ0v) is 22.2. The van der Waals surface area contributed by atoms with Crippen molar-refractivity contribution < 1.29 is 13.2 Å². The standard InChI is InChI=1S/C28H27ClN2O3S2/c1-17-25(29)9-4-10-26(17)31-36(32,33)21-11-12-27-24(14-21)22-7-3-8-23(22)28(30-27)18-5-2-6-19(13-18)34-20-15-35-16-20/h2-7,9-14,20,22-23,28,30-31H,8,15-16H2,1H3/t22-,23+,28+/m0/s1. The Morgan fingerprint density at radius 2 is 1.92 bits per heavy atom. The summed E-state index contributed by atoms with van der Waals surface area (Å²) in [6.45, 7) is 1.80. The van der Waals surface area contributed by atoms with E-state index in [0.717, 1.165) is 34.9 Å². The number of sulfonamides is 1. The lowest BCUT2D eigenvalue weighted by Crippen LogP contribution is -2.31. The first-order valence-electron chi connectivity index (χ1n) is 12.1. The van der Waals surface area contributed by atoms with Gasteiger partial charge in [0.15, 0.2) is 0 Å². The molecule has 0 amide bonds. The number of fused-ring (bicyclic) bond motifs is 3. The summed E-state index contributed by atoms with van der Waals surface area (Å²) in [5, 5.41) is 4.23. The van der Waals surface area contributed by atoms with Gasteiger partial charge in [0.2, 0.25) is 0 Å². The molecule has 3 aliphatic rings. The Labute approximate surface area is 221 Å². The quantitative estimate of drug-likeness (QED) is 0.339. The molecule has 6 rings (SSSR count). The summed E-state index contributed by atoms with van der Waals surface area (Å²) in [5.74, 6) is 3.45. The zero-order chi connectivity index (χ0) is 24.9. The van der Waals surface area contributed by atoms with Gasteiger partial charge in [-0.2, -0.15) is 11.8 Å². The van der Waals surface area contributed by atoms with Crippen molar-refractivity contribution in [2.24, 2.45) is 5.92 Å². The fourth-order valence-corrected chi connectivity index (χ4v) is 7.14. The second kappa shape index (κ2) is 9.36. The Morgan fingerprint density at radius 1 is 1.08 bits per heavy atom. The molecular formula is C28H27ClN2O3S2. The molecule has 0 spiro atoms. The summed E-state index contributed by atoms with van der Waals surface area (Å²) in [4.78, 5) is 0.244. The lowest BCUT2D eigenvalue weighted by molar-refractivity contribution is 0.240. The third-order valence-corrected chi connectivity index (χ3v) is 10.3. The van der Waals surface area contributed by atoms with Gasteiger partial charge in [0.05, 0.1) is 16.6 Å². The van der Waals surface area contributed by atoms with Crippen LogP contribution in [0.15, 0.2) is 77.7 Å². The normalized spacial score (nSPS) is 22.8. The minimum absolute atomic E-state index is 0.117. The van der Waals surface area contributed by atoms with Gasteiger partial charge in [0.25, 0.3) is 10.0 Å². The number of ether oxygens (including phenoxy) is 1. The van der Waals surface area contributed by atoms with Crippen LogP contribution in [0.1, 0.15) is 35.1 Å². The van der Waals surface area contributed by atoms with Gasteiger partial charge < -0.3 is 10.1 Å².